The first-order valence-corrected chi connectivity index (χ1v) is 6.41. The molecule has 2 N–H and O–H groups in total. The highest BCUT2D eigenvalue weighted by Crippen LogP contribution is 2.30. The molecular formula is C9H11BF3NO4S. The Labute approximate surface area is 108 Å². The number of rotatable bonds is 3. The zero-order valence-corrected chi connectivity index (χ0v) is 10.8. The Morgan fingerprint density at radius 1 is 1.21 bits per heavy atom. The molecule has 0 saturated carbocycles. The predicted octanol–water partition coefficient (Wildman–Crippen LogP) is -0.364. The van der Waals surface area contributed by atoms with Crippen molar-refractivity contribution in [2.75, 3.05) is 14.1 Å². The lowest BCUT2D eigenvalue weighted by Gasteiger charge is -2.16. The van der Waals surface area contributed by atoms with Gasteiger partial charge in [0.05, 0.1) is 10.5 Å². The maximum Gasteiger partial charge on any atom is 0.489 e. The number of halogens is 3. The molecule has 0 fully saturated rings. The largest absolute Gasteiger partial charge is 0.489 e. The number of benzene rings is 1. The van der Waals surface area contributed by atoms with Crippen LogP contribution in [-0.4, -0.2) is 44.0 Å². The SMILES string of the molecule is CN(C)S(=O)(=O)c1ccc(B(O)O)c(C(F)(F)F)c1. The molecule has 0 saturated heterocycles. The van der Waals surface area contributed by atoms with Crippen molar-refractivity contribution in [3.63, 3.8) is 0 Å². The Hall–Kier alpha value is -1.10. The van der Waals surface area contributed by atoms with E-state index in [1.165, 1.54) is 14.1 Å². The fourth-order valence-electron chi connectivity index (χ4n) is 1.38. The molecule has 0 spiro atoms. The predicted molar refractivity (Wildman–Crippen MR) is 62.1 cm³/mol. The van der Waals surface area contributed by atoms with Crippen molar-refractivity contribution in [3.8, 4) is 0 Å². The van der Waals surface area contributed by atoms with Gasteiger partial charge in [-0.05, 0) is 17.6 Å². The molecule has 0 radical (unpaired) electrons. The van der Waals surface area contributed by atoms with E-state index in [1.54, 1.807) is 0 Å². The van der Waals surface area contributed by atoms with Gasteiger partial charge in [0.15, 0.2) is 0 Å². The van der Waals surface area contributed by atoms with Crippen LogP contribution in [0.3, 0.4) is 0 Å². The summed E-state index contributed by atoms with van der Waals surface area (Å²) in [5.41, 5.74) is -2.20. The van der Waals surface area contributed by atoms with Crippen LogP contribution in [0.5, 0.6) is 0 Å². The van der Waals surface area contributed by atoms with Crippen molar-refractivity contribution >= 4 is 22.6 Å². The third-order valence-electron chi connectivity index (χ3n) is 2.39. The summed E-state index contributed by atoms with van der Waals surface area (Å²) in [6.07, 6.45) is -4.89. The van der Waals surface area contributed by atoms with Gasteiger partial charge >= 0.3 is 13.3 Å². The molecular weight excluding hydrogens is 286 g/mol. The van der Waals surface area contributed by atoms with Crippen LogP contribution >= 0.6 is 0 Å². The van der Waals surface area contributed by atoms with Crippen LogP contribution in [0, 0.1) is 0 Å². The zero-order chi connectivity index (χ0) is 15.0. The average Bonchev–Trinajstić information content (AvgIpc) is 2.26. The van der Waals surface area contributed by atoms with Gasteiger partial charge < -0.3 is 10.0 Å². The van der Waals surface area contributed by atoms with Crippen molar-refractivity contribution in [2.45, 2.75) is 11.1 Å². The van der Waals surface area contributed by atoms with E-state index in [-0.39, 0.29) is 0 Å². The number of sulfonamides is 1. The van der Waals surface area contributed by atoms with Gasteiger partial charge in [-0.25, -0.2) is 12.7 Å². The van der Waals surface area contributed by atoms with Crippen LogP contribution in [0.15, 0.2) is 23.1 Å². The second-order valence-corrected chi connectivity index (χ2v) is 6.06. The third-order valence-corrected chi connectivity index (χ3v) is 4.20. The van der Waals surface area contributed by atoms with Crippen molar-refractivity contribution < 1.29 is 31.6 Å². The number of hydrogen-bond donors (Lipinski definition) is 2. The molecule has 0 aliphatic rings. The lowest BCUT2D eigenvalue weighted by Crippen LogP contribution is -2.36. The molecule has 0 aliphatic heterocycles. The van der Waals surface area contributed by atoms with Gasteiger partial charge in [-0.15, -0.1) is 0 Å². The molecule has 0 atom stereocenters. The minimum Gasteiger partial charge on any atom is -0.423 e. The van der Waals surface area contributed by atoms with Crippen molar-refractivity contribution in [1.29, 1.82) is 0 Å². The Kier molecular flexibility index (Phi) is 4.30. The van der Waals surface area contributed by atoms with E-state index in [1.807, 2.05) is 0 Å². The summed E-state index contributed by atoms with van der Waals surface area (Å²) >= 11 is 0. The lowest BCUT2D eigenvalue weighted by molar-refractivity contribution is -0.137. The van der Waals surface area contributed by atoms with Crippen LogP contribution in [0.2, 0.25) is 0 Å². The van der Waals surface area contributed by atoms with E-state index >= 15 is 0 Å². The second-order valence-electron chi connectivity index (χ2n) is 3.91. The van der Waals surface area contributed by atoms with Gasteiger partial charge in [-0.2, -0.15) is 13.2 Å². The monoisotopic (exact) mass is 297 g/mol. The van der Waals surface area contributed by atoms with Crippen LogP contribution in [0.4, 0.5) is 13.2 Å². The molecule has 1 aromatic carbocycles. The fraction of sp³-hybridized carbons (Fsp3) is 0.333. The maximum atomic E-state index is 12.7. The first-order valence-electron chi connectivity index (χ1n) is 4.97. The highest BCUT2D eigenvalue weighted by Gasteiger charge is 2.37. The molecule has 0 heterocycles. The van der Waals surface area contributed by atoms with E-state index in [0.717, 1.165) is 16.4 Å². The standard InChI is InChI=1S/C9H11BF3NO4S/c1-14(2)19(17,18)6-3-4-8(10(15)16)7(5-6)9(11,12)13/h3-5,15-16H,1-2H3. The van der Waals surface area contributed by atoms with E-state index in [4.69, 9.17) is 10.0 Å². The van der Waals surface area contributed by atoms with E-state index in [2.05, 4.69) is 0 Å². The van der Waals surface area contributed by atoms with Gasteiger partial charge in [0.25, 0.3) is 0 Å². The number of hydrogen-bond acceptors (Lipinski definition) is 4. The minimum atomic E-state index is -4.89. The molecule has 0 unspecified atom stereocenters. The Morgan fingerprint density at radius 2 is 1.74 bits per heavy atom. The van der Waals surface area contributed by atoms with Gasteiger partial charge in [0, 0.05) is 14.1 Å². The van der Waals surface area contributed by atoms with Gasteiger partial charge in [-0.3, -0.25) is 0 Å². The minimum absolute atomic E-state index is 0.379. The number of nitrogens with zero attached hydrogens (tertiary/aromatic N) is 1. The molecule has 19 heavy (non-hydrogen) atoms. The smallest absolute Gasteiger partial charge is 0.423 e. The van der Waals surface area contributed by atoms with Crippen LogP contribution in [-0.2, 0) is 16.2 Å². The molecule has 0 aliphatic carbocycles. The summed E-state index contributed by atoms with van der Waals surface area (Å²) in [5, 5.41) is 17.7. The van der Waals surface area contributed by atoms with Crippen molar-refractivity contribution in [3.05, 3.63) is 23.8 Å². The van der Waals surface area contributed by atoms with Gasteiger partial charge in [0.2, 0.25) is 10.0 Å². The quantitative estimate of drug-likeness (QED) is 0.747. The summed E-state index contributed by atoms with van der Waals surface area (Å²) in [5.74, 6) is 0. The van der Waals surface area contributed by atoms with E-state index < -0.39 is 39.2 Å². The molecule has 0 bridgehead atoms. The highest BCUT2D eigenvalue weighted by atomic mass is 32.2. The molecule has 1 rings (SSSR count). The Bertz CT molecular complexity index is 571. The maximum absolute atomic E-state index is 12.7. The van der Waals surface area contributed by atoms with E-state index in [0.29, 0.717) is 6.07 Å². The normalized spacial score (nSPS) is 12.8. The van der Waals surface area contributed by atoms with Crippen molar-refractivity contribution in [1.82, 2.24) is 4.31 Å². The fourth-order valence-corrected chi connectivity index (χ4v) is 2.31. The molecule has 1 aromatic rings. The van der Waals surface area contributed by atoms with E-state index in [9.17, 15) is 21.6 Å². The molecule has 106 valence electrons. The molecule has 0 amide bonds. The second kappa shape index (κ2) is 5.12. The van der Waals surface area contributed by atoms with Crippen LogP contribution in [0.1, 0.15) is 5.56 Å². The first kappa shape index (κ1) is 16.0. The summed E-state index contributed by atoms with van der Waals surface area (Å²) in [4.78, 5) is -0.575. The Balaban J connectivity index is 3.52. The average molecular weight is 297 g/mol. The topological polar surface area (TPSA) is 77.8 Å². The lowest BCUT2D eigenvalue weighted by atomic mass is 9.77. The van der Waals surface area contributed by atoms with Crippen LogP contribution in [0.25, 0.3) is 0 Å². The molecule has 5 nitrogen and oxygen atoms in total. The Morgan fingerprint density at radius 3 is 2.11 bits per heavy atom. The third kappa shape index (κ3) is 3.27. The summed E-state index contributed by atoms with van der Waals surface area (Å²) in [6.45, 7) is 0. The summed E-state index contributed by atoms with van der Waals surface area (Å²) in [6, 6.07) is 1.99. The van der Waals surface area contributed by atoms with Crippen molar-refractivity contribution in [2.24, 2.45) is 0 Å². The van der Waals surface area contributed by atoms with Gasteiger partial charge in [-0.1, -0.05) is 6.07 Å². The summed E-state index contributed by atoms with van der Waals surface area (Å²) in [7, 11) is -4.02. The van der Waals surface area contributed by atoms with Gasteiger partial charge in [0.1, 0.15) is 0 Å². The zero-order valence-electron chi connectivity index (χ0n) is 10.0. The summed E-state index contributed by atoms with van der Waals surface area (Å²) < 4.78 is 62.5. The molecule has 0 aromatic heterocycles. The van der Waals surface area contributed by atoms with Crippen LogP contribution < -0.4 is 5.46 Å². The molecule has 10 heteroatoms. The first-order chi connectivity index (χ1) is 8.48. The highest BCUT2D eigenvalue weighted by molar-refractivity contribution is 7.89. The number of alkyl halides is 3.